The fraction of sp³-hybridized carbons (Fsp3) is 0.959. The molecule has 0 bridgehead atoms. The van der Waals surface area contributed by atoms with E-state index in [1.807, 2.05) is 21.1 Å². The summed E-state index contributed by atoms with van der Waals surface area (Å²) in [4.78, 5) is 37.4. The average Bonchev–Trinajstić information content (AvgIpc) is 3.45. The minimum atomic E-state index is -1.61. The Morgan fingerprint density at radius 1 is 0.317 bits per heavy atom. The van der Waals surface area contributed by atoms with Crippen LogP contribution in [-0.4, -0.2) is 82.3 Å². The van der Waals surface area contributed by atoms with Gasteiger partial charge in [-0.2, -0.15) is 0 Å². The molecule has 0 aliphatic carbocycles. The van der Waals surface area contributed by atoms with Crippen molar-refractivity contribution in [3.8, 4) is 0 Å². The molecule has 82 heavy (non-hydrogen) atoms. The van der Waals surface area contributed by atoms with Gasteiger partial charge in [0.2, 0.25) is 0 Å². The maximum absolute atomic E-state index is 12.9. The van der Waals surface area contributed by atoms with E-state index < -0.39 is 24.3 Å². The van der Waals surface area contributed by atoms with E-state index in [4.69, 9.17) is 18.9 Å². The summed E-state index contributed by atoms with van der Waals surface area (Å²) >= 11 is 0. The standard InChI is InChI=1S/C73H143NO8/c1-6-8-10-12-14-16-18-20-22-24-25-26-27-28-29-30-31-32-33-34-35-36-37-38-39-40-41-42-43-44-45-46-47-48-50-52-54-56-58-60-62-64-71(76)82-69(68-81-73(72(77)78)79-66-65-74(3,4)5)67-80-70(75)63-61-59-57-55-53-51-49-23-21-19-17-15-13-11-9-7-2/h69,73H,6-68H2,1-5H3. The van der Waals surface area contributed by atoms with Gasteiger partial charge in [0, 0.05) is 12.8 Å². The highest BCUT2D eigenvalue weighted by Gasteiger charge is 2.22. The molecule has 0 amide bonds. The van der Waals surface area contributed by atoms with E-state index in [0.717, 1.165) is 38.5 Å². The van der Waals surface area contributed by atoms with Crippen molar-refractivity contribution in [2.24, 2.45) is 0 Å². The van der Waals surface area contributed by atoms with Gasteiger partial charge in [-0.1, -0.05) is 367 Å². The van der Waals surface area contributed by atoms with E-state index in [1.54, 1.807) is 0 Å². The summed E-state index contributed by atoms with van der Waals surface area (Å²) in [6.07, 6.45) is 75.2. The molecule has 0 aromatic heterocycles. The summed E-state index contributed by atoms with van der Waals surface area (Å²) in [5.41, 5.74) is 0. The zero-order chi connectivity index (χ0) is 59.8. The van der Waals surface area contributed by atoms with Gasteiger partial charge in [-0.15, -0.1) is 0 Å². The fourth-order valence-electron chi connectivity index (χ4n) is 11.5. The van der Waals surface area contributed by atoms with Crippen LogP contribution in [0.3, 0.4) is 0 Å². The molecule has 0 aromatic carbocycles. The van der Waals surface area contributed by atoms with Crippen molar-refractivity contribution in [1.82, 2.24) is 0 Å². The summed E-state index contributed by atoms with van der Waals surface area (Å²) in [7, 11) is 5.95. The Morgan fingerprint density at radius 2 is 0.549 bits per heavy atom. The van der Waals surface area contributed by atoms with Crippen molar-refractivity contribution in [2.45, 2.75) is 405 Å². The van der Waals surface area contributed by atoms with Crippen LogP contribution in [0, 0.1) is 0 Å². The van der Waals surface area contributed by atoms with Crippen LogP contribution in [0.15, 0.2) is 0 Å². The molecule has 0 saturated heterocycles. The maximum atomic E-state index is 12.9. The second kappa shape index (κ2) is 65.3. The first-order valence-electron chi connectivity index (χ1n) is 36.7. The maximum Gasteiger partial charge on any atom is 0.306 e. The number of hydrogen-bond acceptors (Lipinski definition) is 8. The summed E-state index contributed by atoms with van der Waals surface area (Å²) in [6.45, 7) is 4.83. The van der Waals surface area contributed by atoms with E-state index in [2.05, 4.69) is 13.8 Å². The molecule has 9 nitrogen and oxygen atoms in total. The quantitative estimate of drug-likeness (QED) is 0.0256. The van der Waals surface area contributed by atoms with Gasteiger partial charge < -0.3 is 33.3 Å². The third kappa shape index (κ3) is 65.8. The van der Waals surface area contributed by atoms with Crippen molar-refractivity contribution in [2.75, 3.05) is 47.5 Å². The molecule has 0 aliphatic rings. The van der Waals surface area contributed by atoms with Gasteiger partial charge in [-0.05, 0) is 12.8 Å². The Balaban J connectivity index is 3.86. The molecule has 0 N–H and O–H groups in total. The normalized spacial score (nSPS) is 12.5. The van der Waals surface area contributed by atoms with Crippen molar-refractivity contribution in [3.63, 3.8) is 0 Å². The molecule has 9 heteroatoms. The predicted octanol–water partition coefficient (Wildman–Crippen LogP) is 21.3. The van der Waals surface area contributed by atoms with Crippen LogP contribution < -0.4 is 5.11 Å². The molecule has 488 valence electrons. The first-order chi connectivity index (χ1) is 40.1. The number of hydrogen-bond donors (Lipinski definition) is 0. The third-order valence-electron chi connectivity index (χ3n) is 17.1. The third-order valence-corrected chi connectivity index (χ3v) is 17.1. The van der Waals surface area contributed by atoms with Crippen LogP contribution in [0.1, 0.15) is 393 Å². The SMILES string of the molecule is CCCCCCCCCCCCCCCCCCCCCCCCCCCCCCCCCCCCCCCCCCCC(=O)OC(COC(=O)CCCCCCCCCCCCCCCCCC)COC(OCC[N+](C)(C)C)C(=O)[O-]. The number of unbranched alkanes of at least 4 members (excludes halogenated alkanes) is 55. The molecule has 2 atom stereocenters. The van der Waals surface area contributed by atoms with Crippen LogP contribution in [-0.2, 0) is 33.3 Å². The molecule has 0 spiro atoms. The second-order valence-electron chi connectivity index (χ2n) is 26.6. The lowest BCUT2D eigenvalue weighted by molar-refractivity contribution is -0.870. The van der Waals surface area contributed by atoms with E-state index in [0.29, 0.717) is 17.4 Å². The number of quaternary nitrogens is 1. The smallest absolute Gasteiger partial charge is 0.306 e. The van der Waals surface area contributed by atoms with Crippen molar-refractivity contribution in [3.05, 3.63) is 0 Å². The first kappa shape index (κ1) is 80.3. The molecule has 0 rings (SSSR count). The molecule has 0 radical (unpaired) electrons. The van der Waals surface area contributed by atoms with E-state index in [1.165, 1.54) is 327 Å². The van der Waals surface area contributed by atoms with Crippen LogP contribution >= 0.6 is 0 Å². The lowest BCUT2D eigenvalue weighted by Gasteiger charge is -2.26. The Hall–Kier alpha value is -1.71. The van der Waals surface area contributed by atoms with E-state index >= 15 is 0 Å². The average molecular weight is 1160 g/mol. The predicted molar refractivity (Wildman–Crippen MR) is 348 cm³/mol. The lowest BCUT2D eigenvalue weighted by Crippen LogP contribution is -2.44. The monoisotopic (exact) mass is 1160 g/mol. The first-order valence-corrected chi connectivity index (χ1v) is 36.7. The van der Waals surface area contributed by atoms with Crippen LogP contribution in [0.4, 0.5) is 0 Å². The summed E-state index contributed by atoms with van der Waals surface area (Å²) in [5, 5.41) is 11.8. The zero-order valence-electron chi connectivity index (χ0n) is 55.9. The number of nitrogens with zero attached hydrogens (tertiary/aromatic N) is 1. The molecule has 2 unspecified atom stereocenters. The molecule has 0 aromatic rings. The van der Waals surface area contributed by atoms with Gasteiger partial charge in [0.25, 0.3) is 0 Å². The second-order valence-corrected chi connectivity index (χ2v) is 26.6. The van der Waals surface area contributed by atoms with Crippen molar-refractivity contribution >= 4 is 17.9 Å². The van der Waals surface area contributed by atoms with Crippen LogP contribution in [0.25, 0.3) is 0 Å². The Bertz CT molecular complexity index is 1300. The van der Waals surface area contributed by atoms with Crippen LogP contribution in [0.5, 0.6) is 0 Å². The molecule has 0 saturated carbocycles. The van der Waals surface area contributed by atoms with E-state index in [-0.39, 0.29) is 32.2 Å². The fourth-order valence-corrected chi connectivity index (χ4v) is 11.5. The highest BCUT2D eigenvalue weighted by atomic mass is 16.7. The van der Waals surface area contributed by atoms with Crippen LogP contribution in [0.2, 0.25) is 0 Å². The van der Waals surface area contributed by atoms with Crippen molar-refractivity contribution in [1.29, 1.82) is 0 Å². The number of carboxylic acid groups (broad SMARTS) is 1. The number of ether oxygens (including phenoxy) is 4. The number of likely N-dealkylation sites (N-methyl/N-ethyl adjacent to an activating group) is 1. The Morgan fingerprint density at radius 3 is 0.780 bits per heavy atom. The Labute approximate surface area is 511 Å². The molecule has 0 heterocycles. The summed E-state index contributed by atoms with van der Waals surface area (Å²) in [5.74, 6) is -2.25. The van der Waals surface area contributed by atoms with E-state index in [9.17, 15) is 19.5 Å². The van der Waals surface area contributed by atoms with Gasteiger partial charge in [0.1, 0.15) is 13.2 Å². The van der Waals surface area contributed by atoms with Gasteiger partial charge in [0.05, 0.1) is 40.3 Å². The molecular formula is C73H143NO8. The Kier molecular flexibility index (Phi) is 63.9. The van der Waals surface area contributed by atoms with Gasteiger partial charge >= 0.3 is 11.9 Å². The number of aliphatic carboxylic acids is 1. The minimum Gasteiger partial charge on any atom is -0.545 e. The lowest BCUT2D eigenvalue weighted by atomic mass is 10.0. The number of carbonyl (C=O) groups is 3. The largest absolute Gasteiger partial charge is 0.545 e. The van der Waals surface area contributed by atoms with Gasteiger partial charge in [-0.3, -0.25) is 9.59 Å². The number of carboxylic acids is 1. The van der Waals surface area contributed by atoms with Gasteiger partial charge in [0.15, 0.2) is 12.4 Å². The van der Waals surface area contributed by atoms with Gasteiger partial charge in [-0.25, -0.2) is 0 Å². The highest BCUT2D eigenvalue weighted by Crippen LogP contribution is 2.20. The van der Waals surface area contributed by atoms with Crippen molar-refractivity contribution < 1.29 is 42.9 Å². The molecule has 0 fully saturated rings. The zero-order valence-corrected chi connectivity index (χ0v) is 55.9. The topological polar surface area (TPSA) is 111 Å². The summed E-state index contributed by atoms with van der Waals surface area (Å²) < 4.78 is 22.8. The number of carbonyl (C=O) groups excluding carboxylic acids is 3. The number of rotatable bonds is 70. The minimum absolute atomic E-state index is 0.153. The molecular weight excluding hydrogens is 1020 g/mol. The molecule has 0 aliphatic heterocycles. The highest BCUT2D eigenvalue weighted by molar-refractivity contribution is 5.70. The summed E-state index contributed by atoms with van der Waals surface area (Å²) in [6, 6.07) is 0. The number of esters is 2.